The molecule has 176 valence electrons. The first-order valence-corrected chi connectivity index (χ1v) is 10.5. The molecule has 0 aliphatic heterocycles. The van der Waals surface area contributed by atoms with Gasteiger partial charge in [0.05, 0.1) is 13.2 Å². The van der Waals surface area contributed by atoms with Gasteiger partial charge in [-0.2, -0.15) is 0 Å². The Hall–Kier alpha value is -3.07. The number of hydrogen-bond donors (Lipinski definition) is 3. The summed E-state index contributed by atoms with van der Waals surface area (Å²) in [5, 5.41) is 13.6. The molecule has 0 radical (unpaired) electrons. The lowest BCUT2D eigenvalue weighted by molar-refractivity contribution is -0.153. The molecular formula is C23H33N3O6. The van der Waals surface area contributed by atoms with Gasteiger partial charge in [-0.15, -0.1) is 0 Å². The maximum atomic E-state index is 13.1. The van der Waals surface area contributed by atoms with Crippen molar-refractivity contribution in [1.29, 1.82) is 0 Å². The Bertz CT molecular complexity index is 947. The van der Waals surface area contributed by atoms with E-state index in [1.54, 1.807) is 20.8 Å². The van der Waals surface area contributed by atoms with Crippen molar-refractivity contribution in [2.24, 2.45) is 0 Å². The summed E-state index contributed by atoms with van der Waals surface area (Å²) in [7, 11) is 2.70. The molecule has 1 aromatic carbocycles. The Balaban J connectivity index is 2.16. The van der Waals surface area contributed by atoms with Gasteiger partial charge in [0.15, 0.2) is 0 Å². The highest BCUT2D eigenvalue weighted by atomic mass is 16.6. The zero-order chi connectivity index (χ0) is 24.1. The van der Waals surface area contributed by atoms with Crippen molar-refractivity contribution in [2.45, 2.75) is 64.3 Å². The third kappa shape index (κ3) is 6.46. The summed E-state index contributed by atoms with van der Waals surface area (Å²) < 4.78 is 10.1. The molecule has 0 aliphatic carbocycles. The highest BCUT2D eigenvalue weighted by Crippen LogP contribution is 2.21. The van der Waals surface area contributed by atoms with Crippen molar-refractivity contribution in [3.63, 3.8) is 0 Å². The van der Waals surface area contributed by atoms with Gasteiger partial charge in [-0.05, 0) is 52.2 Å². The lowest BCUT2D eigenvalue weighted by Gasteiger charge is -2.31. The van der Waals surface area contributed by atoms with Crippen LogP contribution in [0.5, 0.6) is 0 Å². The fourth-order valence-corrected chi connectivity index (χ4v) is 3.43. The number of amides is 2. The second kappa shape index (κ2) is 10.5. The first-order valence-electron chi connectivity index (χ1n) is 10.5. The Morgan fingerprint density at radius 2 is 1.88 bits per heavy atom. The maximum Gasteiger partial charge on any atom is 0.408 e. The van der Waals surface area contributed by atoms with Crippen LogP contribution in [0.3, 0.4) is 0 Å². The van der Waals surface area contributed by atoms with E-state index in [9.17, 15) is 19.5 Å². The normalized spacial score (nSPS) is 14.3. The predicted octanol–water partition coefficient (Wildman–Crippen LogP) is 2.37. The fraction of sp³-hybridized carbons (Fsp3) is 0.522. The van der Waals surface area contributed by atoms with Crippen LogP contribution in [0.2, 0.25) is 0 Å². The summed E-state index contributed by atoms with van der Waals surface area (Å²) in [4.78, 5) is 42.1. The number of carbonyl (C=O) groups excluding carboxylic acids is 3. The highest BCUT2D eigenvalue weighted by Gasteiger charge is 2.35. The topological polar surface area (TPSA) is 121 Å². The molecule has 0 saturated heterocycles. The molecule has 0 bridgehead atoms. The SMILES string of the molecule is COC(=O)[C@H](CCc1c[nH]c2ccccc12)N(C)C(=O)[C@@H](NC(=O)OC(C)(C)C)[C@@H](C)O. The number of aromatic amines is 1. The Morgan fingerprint density at radius 3 is 2.47 bits per heavy atom. The number of likely N-dealkylation sites (N-methyl/N-ethyl adjacent to an activating group) is 1. The average molecular weight is 448 g/mol. The monoisotopic (exact) mass is 447 g/mol. The number of aryl methyl sites for hydroxylation is 1. The van der Waals surface area contributed by atoms with E-state index >= 15 is 0 Å². The number of aromatic nitrogens is 1. The van der Waals surface area contributed by atoms with E-state index in [0.29, 0.717) is 12.8 Å². The molecule has 1 aromatic heterocycles. The number of hydrogen-bond acceptors (Lipinski definition) is 6. The number of alkyl carbamates (subject to hydrolysis) is 1. The average Bonchev–Trinajstić information content (AvgIpc) is 3.13. The molecule has 32 heavy (non-hydrogen) atoms. The highest BCUT2D eigenvalue weighted by molar-refractivity contribution is 5.90. The molecule has 2 aromatic rings. The van der Waals surface area contributed by atoms with E-state index in [4.69, 9.17) is 9.47 Å². The van der Waals surface area contributed by atoms with Crippen molar-refractivity contribution in [3.05, 3.63) is 36.0 Å². The number of nitrogens with one attached hydrogen (secondary N) is 2. The number of aliphatic hydroxyl groups is 1. The summed E-state index contributed by atoms with van der Waals surface area (Å²) in [5.41, 5.74) is 1.22. The number of fused-ring (bicyclic) bond motifs is 1. The molecule has 0 aliphatic rings. The summed E-state index contributed by atoms with van der Waals surface area (Å²) >= 11 is 0. The van der Waals surface area contributed by atoms with Crippen LogP contribution < -0.4 is 5.32 Å². The first-order chi connectivity index (χ1) is 14.9. The van der Waals surface area contributed by atoms with Gasteiger partial charge < -0.3 is 29.8 Å². The van der Waals surface area contributed by atoms with Crippen LogP contribution in [-0.2, 0) is 25.5 Å². The molecule has 9 nitrogen and oxygen atoms in total. The van der Waals surface area contributed by atoms with Gasteiger partial charge in [-0.3, -0.25) is 4.79 Å². The molecule has 2 amide bonds. The standard InChI is InChI=1S/C23H33N3O6/c1-14(27)19(25-22(30)32-23(2,3)4)20(28)26(5)18(21(29)31-6)12-11-15-13-24-17-10-8-7-9-16(15)17/h7-10,13-14,18-19,24,27H,11-12H2,1-6H3,(H,25,30)/t14-,18+,19+/m1/s1. The van der Waals surface area contributed by atoms with E-state index < -0.39 is 41.8 Å². The molecule has 9 heteroatoms. The number of methoxy groups -OCH3 is 1. The third-order valence-corrected chi connectivity index (χ3v) is 5.07. The first kappa shape index (κ1) is 25.2. The van der Waals surface area contributed by atoms with Crippen LogP contribution in [0, 0.1) is 0 Å². The molecule has 0 saturated carbocycles. The Labute approximate surface area is 188 Å². The van der Waals surface area contributed by atoms with Gasteiger partial charge in [0.25, 0.3) is 0 Å². The number of para-hydroxylation sites is 1. The van der Waals surface area contributed by atoms with Crippen molar-refractivity contribution >= 4 is 28.9 Å². The summed E-state index contributed by atoms with van der Waals surface area (Å²) in [6.45, 7) is 6.45. The van der Waals surface area contributed by atoms with Gasteiger partial charge in [0, 0.05) is 24.1 Å². The quantitative estimate of drug-likeness (QED) is 0.534. The second-order valence-electron chi connectivity index (χ2n) is 8.75. The van der Waals surface area contributed by atoms with Gasteiger partial charge in [0.2, 0.25) is 5.91 Å². The lowest BCUT2D eigenvalue weighted by Crippen LogP contribution is -2.57. The van der Waals surface area contributed by atoms with Crippen LogP contribution in [-0.4, -0.2) is 70.9 Å². The van der Waals surface area contributed by atoms with E-state index in [1.165, 1.54) is 26.0 Å². The van der Waals surface area contributed by atoms with Crippen molar-refractivity contribution < 1.29 is 29.0 Å². The number of rotatable bonds is 8. The summed E-state index contributed by atoms with van der Waals surface area (Å²) in [6.07, 6.45) is 0.655. The zero-order valence-electron chi connectivity index (χ0n) is 19.5. The minimum absolute atomic E-state index is 0.301. The minimum Gasteiger partial charge on any atom is -0.467 e. The van der Waals surface area contributed by atoms with Crippen molar-refractivity contribution in [2.75, 3.05) is 14.2 Å². The smallest absolute Gasteiger partial charge is 0.408 e. The molecule has 2 rings (SSSR count). The zero-order valence-corrected chi connectivity index (χ0v) is 19.5. The third-order valence-electron chi connectivity index (χ3n) is 5.07. The molecule has 3 N–H and O–H groups in total. The number of benzene rings is 1. The van der Waals surface area contributed by atoms with Crippen LogP contribution in [0.25, 0.3) is 10.9 Å². The molecule has 0 unspecified atom stereocenters. The molecule has 0 spiro atoms. The maximum absolute atomic E-state index is 13.1. The number of carbonyl (C=O) groups is 3. The second-order valence-corrected chi connectivity index (χ2v) is 8.75. The summed E-state index contributed by atoms with van der Waals surface area (Å²) in [6, 6.07) is 5.63. The largest absolute Gasteiger partial charge is 0.467 e. The fourth-order valence-electron chi connectivity index (χ4n) is 3.43. The number of nitrogens with zero attached hydrogens (tertiary/aromatic N) is 1. The number of esters is 1. The Morgan fingerprint density at radius 1 is 1.22 bits per heavy atom. The lowest BCUT2D eigenvalue weighted by atomic mass is 10.0. The van der Waals surface area contributed by atoms with E-state index in [0.717, 1.165) is 16.5 Å². The minimum atomic E-state index is -1.28. The molecule has 1 heterocycles. The van der Waals surface area contributed by atoms with Crippen LogP contribution in [0.15, 0.2) is 30.5 Å². The molecular weight excluding hydrogens is 414 g/mol. The van der Waals surface area contributed by atoms with Crippen LogP contribution >= 0.6 is 0 Å². The van der Waals surface area contributed by atoms with E-state index in [-0.39, 0.29) is 0 Å². The number of ether oxygens (including phenoxy) is 2. The van der Waals surface area contributed by atoms with E-state index in [2.05, 4.69) is 10.3 Å². The van der Waals surface area contributed by atoms with Crippen molar-refractivity contribution in [3.8, 4) is 0 Å². The van der Waals surface area contributed by atoms with Gasteiger partial charge in [0.1, 0.15) is 17.7 Å². The molecule has 3 atom stereocenters. The van der Waals surface area contributed by atoms with Crippen molar-refractivity contribution in [1.82, 2.24) is 15.2 Å². The number of H-pyrrole nitrogens is 1. The number of aliphatic hydroxyl groups excluding tert-OH is 1. The Kier molecular flexibility index (Phi) is 8.26. The van der Waals surface area contributed by atoms with Crippen LogP contribution in [0.4, 0.5) is 4.79 Å². The summed E-state index contributed by atoms with van der Waals surface area (Å²) in [5.74, 6) is -1.21. The van der Waals surface area contributed by atoms with Gasteiger partial charge >= 0.3 is 12.1 Å². The predicted molar refractivity (Wildman–Crippen MR) is 120 cm³/mol. The van der Waals surface area contributed by atoms with E-state index in [1.807, 2.05) is 30.5 Å². The van der Waals surface area contributed by atoms with Gasteiger partial charge in [-0.25, -0.2) is 9.59 Å². The van der Waals surface area contributed by atoms with Crippen LogP contribution in [0.1, 0.15) is 39.7 Å². The molecule has 0 fully saturated rings. The van der Waals surface area contributed by atoms with Gasteiger partial charge in [-0.1, -0.05) is 18.2 Å².